The summed E-state index contributed by atoms with van der Waals surface area (Å²) in [6.07, 6.45) is 3.73. The molecule has 2 saturated carbocycles. The van der Waals surface area contributed by atoms with Gasteiger partial charge in [-0.25, -0.2) is 14.6 Å². The number of aromatic amines is 1. The second-order valence-corrected chi connectivity index (χ2v) is 18.2. The number of carbonyl (C=O) groups is 3. The summed E-state index contributed by atoms with van der Waals surface area (Å²) in [4.78, 5) is 56.8. The largest absolute Gasteiger partial charge is 0.453 e. The fourth-order valence-corrected chi connectivity index (χ4v) is 9.73. The number of ether oxygens (including phenoxy) is 2. The minimum atomic E-state index is -0.677. The Kier molecular flexibility index (Phi) is 8.38. The molecule has 4 aromatic carbocycles. The summed E-state index contributed by atoms with van der Waals surface area (Å²) in [5, 5.41) is 7.10. The lowest BCUT2D eigenvalue weighted by atomic mass is 9.96. The first-order chi connectivity index (χ1) is 27.8. The number of hydrogen-bond acceptors (Lipinski definition) is 7. The smallest absolute Gasteiger partial charge is 0.411 e. The number of aliphatic imine (C=N–C) groups is 1. The normalized spacial score (nSPS) is 24.6. The Labute approximate surface area is 337 Å². The van der Waals surface area contributed by atoms with Crippen LogP contribution in [-0.2, 0) is 20.7 Å². The lowest BCUT2D eigenvalue weighted by Crippen LogP contribution is -2.52. The average molecular weight is 777 g/mol. The summed E-state index contributed by atoms with van der Waals surface area (Å²) in [6.45, 7) is 9.61. The Morgan fingerprint density at radius 1 is 0.845 bits per heavy atom. The number of imidazole rings is 1. The molecule has 2 aliphatic carbocycles. The van der Waals surface area contributed by atoms with Crippen molar-refractivity contribution in [1.82, 2.24) is 25.1 Å². The number of methoxy groups -OCH3 is 1. The second-order valence-electron chi connectivity index (χ2n) is 18.2. The molecule has 1 aromatic heterocycles. The Morgan fingerprint density at radius 3 is 2.19 bits per heavy atom. The monoisotopic (exact) mass is 776 g/mol. The van der Waals surface area contributed by atoms with E-state index in [-0.39, 0.29) is 42.1 Å². The lowest BCUT2D eigenvalue weighted by Gasteiger charge is -2.31. The molecule has 5 aliphatic rings. The fourth-order valence-electron chi connectivity index (χ4n) is 9.73. The maximum absolute atomic E-state index is 13.9. The third kappa shape index (κ3) is 6.34. The minimum Gasteiger partial charge on any atom is -0.453 e. The highest BCUT2D eigenvalue weighted by molar-refractivity contribution is 6.06. The van der Waals surface area contributed by atoms with Crippen molar-refractivity contribution in [3.05, 3.63) is 83.2 Å². The Balaban J connectivity index is 0.865. The van der Waals surface area contributed by atoms with E-state index < -0.39 is 17.7 Å². The highest BCUT2D eigenvalue weighted by Crippen LogP contribution is 2.54. The average Bonchev–Trinajstić information content (AvgIpc) is 3.83. The summed E-state index contributed by atoms with van der Waals surface area (Å²) >= 11 is 0. The molecule has 2 N–H and O–H groups in total. The van der Waals surface area contributed by atoms with Crippen LogP contribution >= 0.6 is 0 Å². The molecule has 58 heavy (non-hydrogen) atoms. The molecular weight excluding hydrogens is 729 g/mol. The van der Waals surface area contributed by atoms with Gasteiger partial charge in [-0.15, -0.1) is 0 Å². The van der Waals surface area contributed by atoms with E-state index in [0.717, 1.165) is 87.6 Å². The van der Waals surface area contributed by atoms with E-state index in [4.69, 9.17) is 19.5 Å². The summed E-state index contributed by atoms with van der Waals surface area (Å²) < 4.78 is 10.6. The first kappa shape index (κ1) is 36.5. The molecule has 4 fully saturated rings. The van der Waals surface area contributed by atoms with Crippen molar-refractivity contribution >= 4 is 62.1 Å². The summed E-state index contributed by atoms with van der Waals surface area (Å²) in [6, 6.07) is 20.5. The molecule has 7 atom stereocenters. The molecule has 5 aromatic rings. The third-order valence-electron chi connectivity index (χ3n) is 12.7. The Bertz CT molecular complexity index is 2660. The van der Waals surface area contributed by atoms with Crippen LogP contribution in [0.5, 0.6) is 0 Å². The lowest BCUT2D eigenvalue weighted by molar-refractivity contribution is -0.136. The zero-order valence-corrected chi connectivity index (χ0v) is 33.8. The molecule has 11 nitrogen and oxygen atoms in total. The van der Waals surface area contributed by atoms with Gasteiger partial charge < -0.3 is 24.7 Å². The van der Waals surface area contributed by atoms with Crippen LogP contribution in [0.1, 0.15) is 88.9 Å². The predicted molar refractivity (Wildman–Crippen MR) is 223 cm³/mol. The number of benzene rings is 4. The zero-order chi connectivity index (χ0) is 40.2. The highest BCUT2D eigenvalue weighted by atomic mass is 16.6. The maximum atomic E-state index is 13.9. The number of rotatable bonds is 5. The quantitative estimate of drug-likeness (QED) is 0.173. The van der Waals surface area contributed by atoms with Crippen molar-refractivity contribution in [2.45, 2.75) is 103 Å². The van der Waals surface area contributed by atoms with E-state index in [0.29, 0.717) is 11.8 Å². The van der Waals surface area contributed by atoms with Crippen LogP contribution in [0, 0.1) is 29.6 Å². The van der Waals surface area contributed by atoms with Crippen molar-refractivity contribution in [2.24, 2.45) is 22.7 Å². The molecule has 296 valence electrons. The van der Waals surface area contributed by atoms with Crippen molar-refractivity contribution in [3.63, 3.8) is 0 Å². The van der Waals surface area contributed by atoms with Gasteiger partial charge in [0.1, 0.15) is 17.5 Å². The maximum Gasteiger partial charge on any atom is 0.411 e. The first-order valence-corrected chi connectivity index (χ1v) is 20.6. The molecule has 3 aliphatic heterocycles. The number of nitrogens with zero attached hydrogens (tertiary/aromatic N) is 4. The molecule has 0 spiro atoms. The number of fused-ring (bicyclic) bond motifs is 8. The molecule has 11 heteroatoms. The highest BCUT2D eigenvalue weighted by Gasteiger charge is 2.57. The topological polar surface area (TPSA) is 129 Å². The van der Waals surface area contributed by atoms with Gasteiger partial charge in [0.25, 0.3) is 0 Å². The number of H-pyrrole nitrogens is 1. The predicted octanol–water partition coefficient (Wildman–Crippen LogP) is 8.34. The Morgan fingerprint density at radius 2 is 1.50 bits per heavy atom. The molecule has 0 bridgehead atoms. The van der Waals surface area contributed by atoms with Crippen LogP contribution in [-0.4, -0.2) is 80.5 Å². The Hall–Kier alpha value is -5.89. The number of aromatic nitrogens is 2. The SMILES string of the molecule is COC(=O)N[C@H](C(=O)N1[C@@H]2C[C@@H]2C[C@H]1c1nc2c(ccc3cc(C#Cc4ccc5c6c(ccc5c4)N=C([C@@H]4C[C@H]5C[C@H]5N4C(=O)OC(C)(C)C)C6)ccc32)[nH]1)C(C)C. The van der Waals surface area contributed by atoms with Crippen LogP contribution in [0.3, 0.4) is 0 Å². The van der Waals surface area contributed by atoms with Crippen LogP contribution in [0.15, 0.2) is 65.7 Å². The van der Waals surface area contributed by atoms with Crippen LogP contribution in [0.2, 0.25) is 0 Å². The number of hydrogen-bond donors (Lipinski definition) is 2. The van der Waals surface area contributed by atoms with Gasteiger partial charge in [-0.05, 0) is 122 Å². The molecule has 2 saturated heterocycles. The number of piperidine rings is 2. The van der Waals surface area contributed by atoms with E-state index in [1.807, 2.05) is 56.6 Å². The van der Waals surface area contributed by atoms with Crippen molar-refractivity contribution in [2.75, 3.05) is 7.11 Å². The fraction of sp³-hybridized carbons (Fsp3) is 0.426. The standard InChI is InChI=1S/C47H48N6O5/c1-24(2)41(51-45(55)57-6)44(54)52-37-19-30(37)22-40(52)43-49-35-16-12-28-18-26(10-14-32(28)42(35)50-43)8-7-25-9-13-31-27(17-25)11-15-34-33(31)23-36(48-34)39-21-29-20-38(29)53(39)46(56)58-47(3,4)5/h9-18,24,29-30,37-41H,19-23H2,1-6H3,(H,49,50)(H,51,55)/t29-,30-,37-,38-,39+,40+,41+/m1/s1. The van der Waals surface area contributed by atoms with Crippen LogP contribution in [0.4, 0.5) is 15.3 Å². The van der Waals surface area contributed by atoms with Gasteiger partial charge >= 0.3 is 12.2 Å². The minimum absolute atomic E-state index is 0.0148. The van der Waals surface area contributed by atoms with Gasteiger partial charge in [0.05, 0.1) is 35.9 Å². The van der Waals surface area contributed by atoms with E-state index >= 15 is 0 Å². The number of amides is 3. The summed E-state index contributed by atoms with van der Waals surface area (Å²) in [5.41, 5.74) is 6.34. The van der Waals surface area contributed by atoms with Crippen LogP contribution < -0.4 is 5.32 Å². The second kappa shape index (κ2) is 13.3. The number of likely N-dealkylation sites (tertiary alicyclic amines) is 2. The van der Waals surface area contributed by atoms with Crippen molar-refractivity contribution in [3.8, 4) is 11.8 Å². The zero-order valence-electron chi connectivity index (χ0n) is 33.8. The number of alkyl carbamates (subject to hydrolysis) is 1. The van der Waals surface area contributed by atoms with Gasteiger partial charge in [-0.3, -0.25) is 14.7 Å². The first-order valence-electron chi connectivity index (χ1n) is 20.6. The molecule has 0 unspecified atom stereocenters. The number of nitrogens with one attached hydrogen (secondary N) is 2. The number of carbonyl (C=O) groups excluding carboxylic acids is 3. The van der Waals surface area contributed by atoms with E-state index in [1.54, 1.807) is 0 Å². The molecular formula is C47H48N6O5. The summed E-state index contributed by atoms with van der Waals surface area (Å²) in [7, 11) is 1.31. The molecule has 3 amide bonds. The van der Waals surface area contributed by atoms with Gasteiger partial charge in [-0.2, -0.15) is 0 Å². The summed E-state index contributed by atoms with van der Waals surface area (Å²) in [5.74, 6) is 8.35. The van der Waals surface area contributed by atoms with Crippen LogP contribution in [0.25, 0.3) is 32.6 Å². The van der Waals surface area contributed by atoms with E-state index in [9.17, 15) is 14.4 Å². The molecule has 10 rings (SSSR count). The van der Waals surface area contributed by atoms with Gasteiger partial charge in [0, 0.05) is 40.7 Å². The van der Waals surface area contributed by atoms with Gasteiger partial charge in [-0.1, -0.05) is 50.0 Å². The van der Waals surface area contributed by atoms with E-state index in [2.05, 4.69) is 70.7 Å². The molecule has 0 radical (unpaired) electrons. The van der Waals surface area contributed by atoms with Crippen molar-refractivity contribution in [1.29, 1.82) is 0 Å². The molecule has 4 heterocycles. The van der Waals surface area contributed by atoms with Gasteiger partial charge in [0.2, 0.25) is 5.91 Å². The van der Waals surface area contributed by atoms with Crippen molar-refractivity contribution < 1.29 is 23.9 Å². The van der Waals surface area contributed by atoms with Gasteiger partial charge in [0.15, 0.2) is 0 Å². The third-order valence-corrected chi connectivity index (χ3v) is 12.7. The van der Waals surface area contributed by atoms with E-state index in [1.165, 1.54) is 18.1 Å².